The number of benzene rings is 2. The van der Waals surface area contributed by atoms with Crippen molar-refractivity contribution in [1.82, 2.24) is 0 Å². The topological polar surface area (TPSA) is 107 Å². The lowest BCUT2D eigenvalue weighted by atomic mass is 10.2. The summed E-state index contributed by atoms with van der Waals surface area (Å²) in [4.78, 5) is 36.7. The molecule has 2 fully saturated rings. The van der Waals surface area contributed by atoms with Crippen molar-refractivity contribution < 1.29 is 51.6 Å². The summed E-state index contributed by atoms with van der Waals surface area (Å²) >= 11 is 8.53. The highest BCUT2D eigenvalue weighted by atomic mass is 79.9. The zero-order valence-electron chi connectivity index (χ0n) is 21.7. The van der Waals surface area contributed by atoms with Crippen molar-refractivity contribution in [3.05, 3.63) is 71.8 Å². The van der Waals surface area contributed by atoms with E-state index in [1.54, 1.807) is 48.5 Å². The molecule has 0 saturated carbocycles. The molecule has 0 aromatic heterocycles. The predicted octanol–water partition coefficient (Wildman–Crippen LogP) is 6.93. The van der Waals surface area contributed by atoms with Gasteiger partial charge in [-0.1, -0.05) is 92.5 Å². The number of carbonyl (C=O) groups excluding carboxylic acids is 3. The SMILES string of the molecule is O=C(OC[C@H]1SC(Br)[C@@H](F)[C@@H]1OC(=O)OCc1ccccc1)OC[C@H]1SC(Br)[C@@H](F)[C@@H]1OC(=O)OCc1ccccc1. The second kappa shape index (κ2) is 16.0. The molecule has 0 spiro atoms. The van der Waals surface area contributed by atoms with E-state index >= 15 is 0 Å². The number of thioether (sulfide) groups is 2. The smallest absolute Gasteiger partial charge is 0.433 e. The second-order valence-electron chi connectivity index (χ2n) is 9.03. The highest BCUT2D eigenvalue weighted by molar-refractivity contribution is 9.11. The van der Waals surface area contributed by atoms with Gasteiger partial charge < -0.3 is 28.4 Å². The first kappa shape index (κ1) is 32.7. The van der Waals surface area contributed by atoms with Crippen LogP contribution in [0, 0.1) is 0 Å². The molecule has 42 heavy (non-hydrogen) atoms. The van der Waals surface area contributed by atoms with E-state index in [2.05, 4.69) is 31.9 Å². The lowest BCUT2D eigenvalue weighted by molar-refractivity contribution is -0.0181. The van der Waals surface area contributed by atoms with Crippen LogP contribution in [0.15, 0.2) is 60.7 Å². The fourth-order valence-electron chi connectivity index (χ4n) is 3.96. The van der Waals surface area contributed by atoms with Gasteiger partial charge in [0.25, 0.3) is 0 Å². The summed E-state index contributed by atoms with van der Waals surface area (Å²) in [7, 11) is 0. The van der Waals surface area contributed by atoms with Crippen molar-refractivity contribution in [3.8, 4) is 0 Å². The fraction of sp³-hybridized carbons (Fsp3) is 0.444. The summed E-state index contributed by atoms with van der Waals surface area (Å²) in [5, 5.41) is -1.50. The lowest BCUT2D eigenvalue weighted by Gasteiger charge is -2.21. The number of hydrogen-bond acceptors (Lipinski definition) is 11. The number of ether oxygens (including phenoxy) is 6. The van der Waals surface area contributed by atoms with Gasteiger partial charge >= 0.3 is 18.5 Å². The monoisotopic (exact) mass is 754 g/mol. The number of halogens is 4. The van der Waals surface area contributed by atoms with Crippen LogP contribution in [0.3, 0.4) is 0 Å². The molecule has 9 nitrogen and oxygen atoms in total. The highest BCUT2D eigenvalue weighted by Gasteiger charge is 2.48. The van der Waals surface area contributed by atoms with Crippen LogP contribution in [-0.2, 0) is 41.6 Å². The fourth-order valence-corrected chi connectivity index (χ4v) is 8.52. The van der Waals surface area contributed by atoms with Crippen LogP contribution >= 0.6 is 55.4 Å². The Labute approximate surface area is 265 Å². The minimum Gasteiger partial charge on any atom is -0.433 e. The van der Waals surface area contributed by atoms with E-state index in [1.165, 1.54) is 0 Å². The van der Waals surface area contributed by atoms with Gasteiger partial charge in [0, 0.05) is 0 Å². The van der Waals surface area contributed by atoms with Crippen molar-refractivity contribution in [2.45, 2.75) is 56.6 Å². The summed E-state index contributed by atoms with van der Waals surface area (Å²) in [6, 6.07) is 17.8. The maximum atomic E-state index is 14.7. The third kappa shape index (κ3) is 9.38. The van der Waals surface area contributed by atoms with E-state index in [9.17, 15) is 23.2 Å². The number of carbonyl (C=O) groups is 3. The first-order chi connectivity index (χ1) is 20.2. The third-order valence-corrected chi connectivity index (χ3v) is 10.9. The van der Waals surface area contributed by atoms with Crippen LogP contribution in [0.2, 0.25) is 0 Å². The molecule has 2 aliphatic rings. The van der Waals surface area contributed by atoms with Crippen LogP contribution in [-0.4, -0.2) is 75.0 Å². The van der Waals surface area contributed by atoms with Gasteiger partial charge in [-0.3, -0.25) is 0 Å². The molecule has 2 aromatic carbocycles. The van der Waals surface area contributed by atoms with Gasteiger partial charge in [-0.15, -0.1) is 23.5 Å². The Kier molecular flexibility index (Phi) is 12.5. The molecule has 2 unspecified atom stereocenters. The summed E-state index contributed by atoms with van der Waals surface area (Å²) in [6.07, 6.45) is -8.89. The van der Waals surface area contributed by atoms with Crippen LogP contribution in [0.4, 0.5) is 23.2 Å². The van der Waals surface area contributed by atoms with Crippen molar-refractivity contribution in [2.24, 2.45) is 0 Å². The zero-order valence-corrected chi connectivity index (χ0v) is 26.5. The Bertz CT molecular complexity index is 1100. The first-order valence-electron chi connectivity index (χ1n) is 12.6. The van der Waals surface area contributed by atoms with Gasteiger partial charge in [0.05, 0.1) is 18.8 Å². The summed E-state index contributed by atoms with van der Waals surface area (Å²) < 4.78 is 58.9. The highest BCUT2D eigenvalue weighted by Crippen LogP contribution is 2.43. The van der Waals surface area contributed by atoms with E-state index < -0.39 is 61.8 Å². The van der Waals surface area contributed by atoms with Crippen LogP contribution in [0.1, 0.15) is 11.1 Å². The first-order valence-corrected chi connectivity index (χ1v) is 16.3. The molecule has 4 rings (SSSR count). The minimum absolute atomic E-state index is 0.0502. The summed E-state index contributed by atoms with van der Waals surface area (Å²) in [5.74, 6) is 0. The molecule has 0 amide bonds. The number of alkyl halides is 4. The number of hydrogen-bond donors (Lipinski definition) is 0. The van der Waals surface area contributed by atoms with E-state index in [4.69, 9.17) is 28.4 Å². The molecular weight excluding hydrogens is 730 g/mol. The Morgan fingerprint density at radius 3 is 1.38 bits per heavy atom. The van der Waals surface area contributed by atoms with Gasteiger partial charge in [-0.25, -0.2) is 23.2 Å². The molecule has 8 atom stereocenters. The molecule has 0 N–H and O–H groups in total. The molecule has 2 aliphatic heterocycles. The molecule has 0 bridgehead atoms. The average molecular weight is 756 g/mol. The summed E-state index contributed by atoms with van der Waals surface area (Å²) in [6.45, 7) is -0.769. The van der Waals surface area contributed by atoms with Gasteiger partial charge in [-0.05, 0) is 11.1 Å². The average Bonchev–Trinajstić information content (AvgIpc) is 3.42. The molecule has 2 saturated heterocycles. The largest absolute Gasteiger partial charge is 0.509 e. The van der Waals surface area contributed by atoms with Gasteiger partial charge in [0.15, 0.2) is 24.6 Å². The molecule has 0 radical (unpaired) electrons. The standard InChI is InChI=1S/C27H26Br2F2O9S2/c28-23-19(30)21(39-26(33)35-11-15-7-3-1-4-8-15)17(41-23)13-37-25(32)38-14-18-22(20(31)24(29)42-18)40-27(34)36-12-16-9-5-2-6-10-16/h1-10,17-24H,11-14H2/t17-,18-,19+,20+,21-,22-,23?,24?/m1/s1. The predicted molar refractivity (Wildman–Crippen MR) is 158 cm³/mol. The third-order valence-electron chi connectivity index (χ3n) is 6.07. The molecule has 15 heteroatoms. The molecule has 2 aromatic rings. The van der Waals surface area contributed by atoms with E-state index in [0.29, 0.717) is 0 Å². The zero-order chi connectivity index (χ0) is 30.1. The van der Waals surface area contributed by atoms with Gasteiger partial charge in [0.2, 0.25) is 0 Å². The maximum absolute atomic E-state index is 14.7. The van der Waals surface area contributed by atoms with E-state index in [1.807, 2.05) is 12.1 Å². The minimum atomic E-state index is -1.59. The normalized spacial score (nSPS) is 28.5. The molecule has 0 aliphatic carbocycles. The van der Waals surface area contributed by atoms with E-state index in [0.717, 1.165) is 34.7 Å². The molecule has 2 heterocycles. The van der Waals surface area contributed by atoms with Crippen LogP contribution < -0.4 is 0 Å². The maximum Gasteiger partial charge on any atom is 0.509 e. The Hall–Kier alpha value is -2.23. The summed E-state index contributed by atoms with van der Waals surface area (Å²) in [5.41, 5.74) is 1.46. The molecular formula is C27H26Br2F2O9S2. The van der Waals surface area contributed by atoms with Crippen molar-refractivity contribution in [2.75, 3.05) is 13.2 Å². The lowest BCUT2D eigenvalue weighted by Crippen LogP contribution is -2.37. The van der Waals surface area contributed by atoms with Crippen molar-refractivity contribution in [3.63, 3.8) is 0 Å². The van der Waals surface area contributed by atoms with Gasteiger partial charge in [0.1, 0.15) is 26.4 Å². The van der Waals surface area contributed by atoms with Crippen molar-refractivity contribution in [1.29, 1.82) is 0 Å². The second-order valence-corrected chi connectivity index (χ2v) is 15.0. The quantitative estimate of drug-likeness (QED) is 0.143. The van der Waals surface area contributed by atoms with Gasteiger partial charge in [-0.2, -0.15) is 0 Å². The van der Waals surface area contributed by atoms with Crippen molar-refractivity contribution >= 4 is 73.8 Å². The Balaban J connectivity index is 1.21. The molecule has 228 valence electrons. The Morgan fingerprint density at radius 1 is 0.619 bits per heavy atom. The van der Waals surface area contributed by atoms with Crippen LogP contribution in [0.5, 0.6) is 0 Å². The number of rotatable bonds is 10. The Morgan fingerprint density at radius 2 is 1.00 bits per heavy atom. The van der Waals surface area contributed by atoms with Crippen LogP contribution in [0.25, 0.3) is 0 Å². The van der Waals surface area contributed by atoms with E-state index in [-0.39, 0.29) is 26.4 Å².